The summed E-state index contributed by atoms with van der Waals surface area (Å²) in [5.74, 6) is 0. The fourth-order valence-corrected chi connectivity index (χ4v) is 5.37. The zero-order valence-electron chi connectivity index (χ0n) is 10.4. The normalized spacial score (nSPS) is 11.0. The van der Waals surface area contributed by atoms with Gasteiger partial charge in [0.15, 0.2) is 0 Å². The van der Waals surface area contributed by atoms with E-state index in [0.717, 1.165) is 0 Å². The van der Waals surface area contributed by atoms with Crippen LogP contribution in [0.4, 0.5) is 0 Å². The molecule has 0 fully saturated rings. The summed E-state index contributed by atoms with van der Waals surface area (Å²) < 4.78 is 0. The van der Waals surface area contributed by atoms with Crippen molar-refractivity contribution in [3.63, 3.8) is 0 Å². The topological polar surface area (TPSA) is 0 Å². The summed E-state index contributed by atoms with van der Waals surface area (Å²) in [5, 5.41) is 13.2. The Labute approximate surface area is 133 Å². The van der Waals surface area contributed by atoms with E-state index in [1.165, 1.54) is 32.0 Å². The molecule has 20 heavy (non-hydrogen) atoms. The molecule has 4 heterocycles. The number of rotatable bonds is 3. The summed E-state index contributed by atoms with van der Waals surface area (Å²) in [5.41, 5.74) is 5.31. The van der Waals surface area contributed by atoms with Crippen LogP contribution in [0.1, 0.15) is 0 Å². The van der Waals surface area contributed by atoms with Crippen LogP contribution in [0.5, 0.6) is 0 Å². The number of hydrogen-bond acceptors (Lipinski definition) is 4. The Kier molecular flexibility index (Phi) is 3.32. The van der Waals surface area contributed by atoms with E-state index < -0.39 is 0 Å². The molecule has 0 amide bonds. The highest BCUT2D eigenvalue weighted by atomic mass is 32.1. The maximum Gasteiger partial charge on any atom is 0.0449 e. The molecule has 98 valence electrons. The molecule has 4 aromatic heterocycles. The fourth-order valence-electron chi connectivity index (χ4n) is 2.09. The van der Waals surface area contributed by atoms with E-state index in [2.05, 4.69) is 56.5 Å². The van der Waals surface area contributed by atoms with Crippen molar-refractivity contribution >= 4 is 45.3 Å². The smallest absolute Gasteiger partial charge is 0.0449 e. The molecule has 0 aliphatic rings. The van der Waals surface area contributed by atoms with Crippen LogP contribution in [0.2, 0.25) is 0 Å². The van der Waals surface area contributed by atoms with E-state index >= 15 is 0 Å². The van der Waals surface area contributed by atoms with Gasteiger partial charge in [0.1, 0.15) is 0 Å². The average molecular weight is 331 g/mol. The first kappa shape index (κ1) is 12.5. The van der Waals surface area contributed by atoms with Gasteiger partial charge in [-0.1, -0.05) is 0 Å². The third kappa shape index (κ3) is 2.29. The first-order valence-corrected chi connectivity index (χ1v) is 9.77. The molecule has 0 aliphatic carbocycles. The summed E-state index contributed by atoms with van der Waals surface area (Å²) in [6.07, 6.45) is 0. The van der Waals surface area contributed by atoms with Crippen molar-refractivity contribution in [1.82, 2.24) is 0 Å². The second-order valence-electron chi connectivity index (χ2n) is 4.42. The molecule has 0 saturated carbocycles. The Morgan fingerprint density at radius 1 is 0.550 bits per heavy atom. The first-order valence-electron chi connectivity index (χ1n) is 6.13. The van der Waals surface area contributed by atoms with E-state index in [0.29, 0.717) is 0 Å². The third-order valence-corrected chi connectivity index (χ3v) is 6.57. The lowest BCUT2D eigenvalue weighted by Gasteiger charge is -1.91. The second-order valence-corrected chi connectivity index (χ2v) is 7.81. The summed E-state index contributed by atoms with van der Waals surface area (Å²) >= 11 is 7.16. The van der Waals surface area contributed by atoms with Gasteiger partial charge in [0.2, 0.25) is 0 Å². The second kappa shape index (κ2) is 5.30. The highest BCUT2D eigenvalue weighted by molar-refractivity contribution is 7.20. The van der Waals surface area contributed by atoms with Gasteiger partial charge in [-0.3, -0.25) is 0 Å². The van der Waals surface area contributed by atoms with Crippen LogP contribution in [0.3, 0.4) is 0 Å². The molecule has 0 spiro atoms. The van der Waals surface area contributed by atoms with Crippen LogP contribution in [0, 0.1) is 0 Å². The van der Waals surface area contributed by atoms with Crippen LogP contribution in [0.15, 0.2) is 56.5 Å². The molecule has 4 heteroatoms. The van der Waals surface area contributed by atoms with Gasteiger partial charge in [0.05, 0.1) is 0 Å². The Bertz CT molecular complexity index is 730. The van der Waals surface area contributed by atoms with Crippen molar-refractivity contribution < 1.29 is 0 Å². The van der Waals surface area contributed by atoms with Crippen molar-refractivity contribution in [3.05, 3.63) is 56.5 Å². The fraction of sp³-hybridized carbons (Fsp3) is 0. The minimum atomic E-state index is 1.33. The van der Waals surface area contributed by atoms with Crippen molar-refractivity contribution in [2.75, 3.05) is 0 Å². The molecule has 0 N–H and O–H groups in total. The molecule has 0 saturated heterocycles. The Balaban J connectivity index is 1.68. The van der Waals surface area contributed by atoms with Crippen molar-refractivity contribution in [2.24, 2.45) is 0 Å². The van der Waals surface area contributed by atoms with Crippen molar-refractivity contribution in [2.45, 2.75) is 0 Å². The molecule has 0 atom stereocenters. The third-order valence-electron chi connectivity index (χ3n) is 3.15. The zero-order valence-corrected chi connectivity index (χ0v) is 13.7. The molecule has 4 aromatic rings. The molecule has 0 nitrogen and oxygen atoms in total. The van der Waals surface area contributed by atoms with Gasteiger partial charge >= 0.3 is 0 Å². The van der Waals surface area contributed by atoms with Gasteiger partial charge < -0.3 is 0 Å². The molecule has 0 unspecified atom stereocenters. The summed E-state index contributed by atoms with van der Waals surface area (Å²) in [4.78, 5) is 2.72. The van der Waals surface area contributed by atoms with Crippen LogP contribution in [-0.2, 0) is 0 Å². The molecule has 0 aliphatic heterocycles. The van der Waals surface area contributed by atoms with E-state index in [-0.39, 0.29) is 0 Å². The van der Waals surface area contributed by atoms with E-state index in [4.69, 9.17) is 0 Å². The predicted octanol–water partition coefficient (Wildman–Crippen LogP) is 6.93. The van der Waals surface area contributed by atoms with Crippen LogP contribution < -0.4 is 0 Å². The van der Waals surface area contributed by atoms with Crippen molar-refractivity contribution in [1.29, 1.82) is 0 Å². The number of thiophene rings is 4. The summed E-state index contributed by atoms with van der Waals surface area (Å²) in [7, 11) is 0. The maximum absolute atomic E-state index is 2.30. The lowest BCUT2D eigenvalue weighted by Crippen LogP contribution is -1.66. The molecule has 0 aromatic carbocycles. The lowest BCUT2D eigenvalue weighted by molar-refractivity contribution is 1.81. The Morgan fingerprint density at radius 2 is 1.05 bits per heavy atom. The molecule has 0 bridgehead atoms. The van der Waals surface area contributed by atoms with Gasteiger partial charge in [0, 0.05) is 9.75 Å². The lowest BCUT2D eigenvalue weighted by atomic mass is 10.1. The molecular weight excluding hydrogens is 320 g/mol. The standard InChI is InChI=1S/C16H10S4/c1-3-17-7-11(1)13-5-15(19-9-13)16-6-14(10-20-16)12-2-4-18-8-12/h1-10H. The van der Waals surface area contributed by atoms with Crippen LogP contribution >= 0.6 is 45.3 Å². The first-order chi connectivity index (χ1) is 9.90. The highest BCUT2D eigenvalue weighted by Crippen LogP contribution is 2.38. The molecular formula is C16H10S4. The van der Waals surface area contributed by atoms with Gasteiger partial charge in [-0.25, -0.2) is 0 Å². The van der Waals surface area contributed by atoms with Gasteiger partial charge in [-0.15, -0.1) is 22.7 Å². The van der Waals surface area contributed by atoms with E-state index in [9.17, 15) is 0 Å². The maximum atomic E-state index is 2.30. The SMILES string of the molecule is c1cc(-c2csc(-c3cc(-c4ccsc4)cs3)c2)cs1. The van der Waals surface area contributed by atoms with Crippen molar-refractivity contribution in [3.8, 4) is 32.0 Å². The summed E-state index contributed by atoms with van der Waals surface area (Å²) in [6.45, 7) is 0. The quantitative estimate of drug-likeness (QED) is 0.382. The minimum absolute atomic E-state index is 1.33. The van der Waals surface area contributed by atoms with Gasteiger partial charge in [-0.2, -0.15) is 22.7 Å². The zero-order chi connectivity index (χ0) is 13.4. The van der Waals surface area contributed by atoms with Crippen LogP contribution in [0.25, 0.3) is 32.0 Å². The Morgan fingerprint density at radius 3 is 1.45 bits per heavy atom. The minimum Gasteiger partial charge on any atom is -0.152 e. The summed E-state index contributed by atoms with van der Waals surface area (Å²) in [6, 6.07) is 8.97. The Hall–Kier alpha value is -1.20. The average Bonchev–Trinajstić information content (AvgIpc) is 3.22. The number of hydrogen-bond donors (Lipinski definition) is 0. The van der Waals surface area contributed by atoms with Gasteiger partial charge in [0.25, 0.3) is 0 Å². The predicted molar refractivity (Wildman–Crippen MR) is 94.3 cm³/mol. The van der Waals surface area contributed by atoms with E-state index in [1.54, 1.807) is 22.7 Å². The van der Waals surface area contributed by atoms with E-state index in [1.807, 2.05) is 22.7 Å². The highest BCUT2D eigenvalue weighted by Gasteiger charge is 2.08. The molecule has 0 radical (unpaired) electrons. The molecule has 4 rings (SSSR count). The largest absolute Gasteiger partial charge is 0.152 e. The monoisotopic (exact) mass is 330 g/mol. The van der Waals surface area contributed by atoms with Crippen LogP contribution in [-0.4, -0.2) is 0 Å². The van der Waals surface area contributed by atoms with Gasteiger partial charge in [-0.05, 0) is 78.8 Å².